The van der Waals surface area contributed by atoms with Gasteiger partial charge in [0.05, 0.1) is 18.2 Å². The van der Waals surface area contributed by atoms with E-state index >= 15 is 0 Å². The summed E-state index contributed by atoms with van der Waals surface area (Å²) in [5, 5.41) is 103. The van der Waals surface area contributed by atoms with E-state index in [9.17, 15) is 55.9 Å². The van der Waals surface area contributed by atoms with Gasteiger partial charge in [0.1, 0.15) is 83.8 Å². The van der Waals surface area contributed by atoms with Crippen LogP contribution in [0.15, 0.2) is 77.2 Å². The molecule has 2 fully saturated rings. The van der Waals surface area contributed by atoms with E-state index in [1.807, 2.05) is 0 Å². The third-order valence-corrected chi connectivity index (χ3v) is 8.63. The van der Waals surface area contributed by atoms with Crippen LogP contribution < -0.4 is 9.47 Å². The molecule has 10 unspecified atom stereocenters. The van der Waals surface area contributed by atoms with Crippen LogP contribution in [0.25, 0.3) is 28.4 Å². The molecule has 2 aliphatic heterocycles. The van der Waals surface area contributed by atoms with Gasteiger partial charge in [0, 0.05) is 18.2 Å². The zero-order valence-electron chi connectivity index (χ0n) is 27.5. The van der Waals surface area contributed by atoms with E-state index in [0.29, 0.717) is 11.1 Å². The quantitative estimate of drug-likeness (QED) is 0.0587. The van der Waals surface area contributed by atoms with Crippen molar-refractivity contribution in [2.24, 2.45) is 0 Å². The summed E-state index contributed by atoms with van der Waals surface area (Å²) < 4.78 is 34.4. The van der Waals surface area contributed by atoms with Gasteiger partial charge >= 0.3 is 17.3 Å². The van der Waals surface area contributed by atoms with Crippen molar-refractivity contribution in [3.05, 3.63) is 78.4 Å². The highest BCUT2D eigenvalue weighted by Crippen LogP contribution is 2.42. The summed E-state index contributed by atoms with van der Waals surface area (Å²) in [6, 6.07) is 15.3. The lowest BCUT2D eigenvalue weighted by atomic mass is 9.99. The number of ether oxygens (including phenoxy) is 5. The second-order valence-electron chi connectivity index (χ2n) is 12.3. The normalized spacial score (nSPS) is 28.9. The molecule has 2 aliphatic rings. The number of esters is 1. The highest BCUT2D eigenvalue weighted by molar-refractivity contribution is 5.89. The Morgan fingerprint density at radius 3 is 1.87 bits per heavy atom. The highest BCUT2D eigenvalue weighted by atomic mass is 16.7. The maximum absolute atomic E-state index is 12.4. The molecule has 3 heterocycles. The lowest BCUT2D eigenvalue weighted by Gasteiger charge is -2.39. The van der Waals surface area contributed by atoms with Crippen molar-refractivity contribution >= 4 is 23.0 Å². The minimum Gasteiger partial charge on any atom is -0.508 e. The van der Waals surface area contributed by atoms with E-state index in [4.69, 9.17) is 28.1 Å². The SMILES string of the molecule is O=C(C=Cc1ccc(O)cc1)OCC1OC(Oc2cc3c(OC4OC(CO)C(O)C(O)C4O)cc(O)cc3[o+]c2-c2ccc(O)cc2)C(O)C(O)C1O. The van der Waals surface area contributed by atoms with Crippen LogP contribution >= 0.6 is 0 Å². The Morgan fingerprint density at radius 2 is 1.25 bits per heavy atom. The van der Waals surface area contributed by atoms with Crippen molar-refractivity contribution in [1.29, 1.82) is 0 Å². The van der Waals surface area contributed by atoms with Gasteiger partial charge in [-0.15, -0.1) is 0 Å². The minimum atomic E-state index is -1.86. The van der Waals surface area contributed by atoms with Crippen LogP contribution in [0.1, 0.15) is 5.56 Å². The molecule has 0 radical (unpaired) electrons. The molecular formula is C36H37O17+. The summed E-state index contributed by atoms with van der Waals surface area (Å²) in [5.74, 6) is -1.65. The predicted molar refractivity (Wildman–Crippen MR) is 179 cm³/mol. The molecule has 3 aromatic carbocycles. The second kappa shape index (κ2) is 15.9. The largest absolute Gasteiger partial charge is 0.508 e. The van der Waals surface area contributed by atoms with E-state index in [2.05, 4.69) is 0 Å². The van der Waals surface area contributed by atoms with E-state index in [1.165, 1.54) is 54.6 Å². The fraction of sp³-hybridized carbons (Fsp3) is 0.333. The van der Waals surface area contributed by atoms with Gasteiger partial charge in [-0.2, -0.15) is 0 Å². The highest BCUT2D eigenvalue weighted by Gasteiger charge is 2.47. The van der Waals surface area contributed by atoms with Crippen molar-refractivity contribution < 1.29 is 84.0 Å². The molecule has 0 spiro atoms. The van der Waals surface area contributed by atoms with Gasteiger partial charge in [-0.3, -0.25) is 0 Å². The van der Waals surface area contributed by atoms with Crippen molar-refractivity contribution in [3.63, 3.8) is 0 Å². The molecule has 2 saturated heterocycles. The molecule has 53 heavy (non-hydrogen) atoms. The van der Waals surface area contributed by atoms with Gasteiger partial charge in [0.2, 0.25) is 18.3 Å². The van der Waals surface area contributed by atoms with Gasteiger partial charge in [0.25, 0.3) is 0 Å². The summed E-state index contributed by atoms with van der Waals surface area (Å²) in [4.78, 5) is 12.4. The van der Waals surface area contributed by atoms with Crippen LogP contribution in [0.2, 0.25) is 0 Å². The fourth-order valence-corrected chi connectivity index (χ4v) is 5.70. The van der Waals surface area contributed by atoms with Crippen LogP contribution in [-0.2, 0) is 19.0 Å². The van der Waals surface area contributed by atoms with E-state index in [-0.39, 0.29) is 45.5 Å². The third kappa shape index (κ3) is 8.28. The number of aliphatic hydroxyl groups is 7. The molecule has 6 rings (SSSR count). The number of aromatic hydroxyl groups is 3. The van der Waals surface area contributed by atoms with Crippen molar-refractivity contribution in [2.75, 3.05) is 13.2 Å². The first-order chi connectivity index (χ1) is 25.3. The average Bonchev–Trinajstić information content (AvgIpc) is 3.14. The number of hydrogen-bond acceptors (Lipinski definition) is 16. The first-order valence-corrected chi connectivity index (χ1v) is 16.2. The zero-order chi connectivity index (χ0) is 38.0. The number of fused-ring (bicyclic) bond motifs is 1. The second-order valence-corrected chi connectivity index (χ2v) is 12.3. The molecule has 10 atom stereocenters. The number of aliphatic hydroxyl groups excluding tert-OH is 7. The topological polar surface area (TPSA) is 277 Å². The Morgan fingerprint density at radius 1 is 0.679 bits per heavy atom. The maximum atomic E-state index is 12.4. The lowest BCUT2D eigenvalue weighted by molar-refractivity contribution is -0.278. The Kier molecular flexibility index (Phi) is 11.3. The number of phenols is 3. The predicted octanol–water partition coefficient (Wildman–Crippen LogP) is 0.119. The smallest absolute Gasteiger partial charge is 0.402 e. The van der Waals surface area contributed by atoms with Crippen LogP contribution in [-0.4, -0.2) is 132 Å². The molecule has 17 heteroatoms. The molecule has 282 valence electrons. The first kappa shape index (κ1) is 37.7. The Hall–Kier alpha value is -5.08. The van der Waals surface area contributed by atoms with E-state index < -0.39 is 80.6 Å². The summed E-state index contributed by atoms with van der Waals surface area (Å²) in [5.41, 5.74) is 0.879. The molecule has 0 bridgehead atoms. The molecule has 1 aromatic heterocycles. The molecule has 0 saturated carbocycles. The third-order valence-electron chi connectivity index (χ3n) is 8.63. The van der Waals surface area contributed by atoms with Gasteiger partial charge < -0.3 is 74.7 Å². The van der Waals surface area contributed by atoms with Crippen LogP contribution in [0.3, 0.4) is 0 Å². The summed E-state index contributed by atoms with van der Waals surface area (Å²) in [6.07, 6.45) is -14.2. The number of benzene rings is 3. The maximum Gasteiger partial charge on any atom is 0.402 e. The number of hydrogen-bond donors (Lipinski definition) is 10. The van der Waals surface area contributed by atoms with Crippen molar-refractivity contribution in [3.8, 4) is 40.1 Å². The van der Waals surface area contributed by atoms with Crippen LogP contribution in [0.4, 0.5) is 0 Å². The van der Waals surface area contributed by atoms with E-state index in [1.54, 1.807) is 12.1 Å². The molecule has 10 N–H and O–H groups in total. The Balaban J connectivity index is 1.30. The molecular weight excluding hydrogens is 704 g/mol. The zero-order valence-corrected chi connectivity index (χ0v) is 27.5. The first-order valence-electron chi connectivity index (χ1n) is 16.2. The monoisotopic (exact) mass is 741 g/mol. The molecule has 4 aromatic rings. The Labute approximate surface area is 299 Å². The number of carbonyl (C=O) groups is 1. The number of rotatable bonds is 10. The van der Waals surface area contributed by atoms with Gasteiger partial charge in [-0.1, -0.05) is 12.1 Å². The lowest BCUT2D eigenvalue weighted by Crippen LogP contribution is -2.60. The van der Waals surface area contributed by atoms with Crippen molar-refractivity contribution in [2.45, 2.75) is 61.4 Å². The fourth-order valence-electron chi connectivity index (χ4n) is 5.70. The van der Waals surface area contributed by atoms with Gasteiger partial charge in [0.15, 0.2) is 0 Å². The van der Waals surface area contributed by atoms with Crippen LogP contribution in [0.5, 0.6) is 28.7 Å². The molecule has 0 aliphatic carbocycles. The van der Waals surface area contributed by atoms with E-state index in [0.717, 1.165) is 12.1 Å². The summed E-state index contributed by atoms with van der Waals surface area (Å²) >= 11 is 0. The number of carbonyl (C=O) groups excluding carboxylic acids is 1. The minimum absolute atomic E-state index is 0.0225. The van der Waals surface area contributed by atoms with Crippen molar-refractivity contribution in [1.82, 2.24) is 0 Å². The molecule has 17 nitrogen and oxygen atoms in total. The number of phenolic OH excluding ortho intramolecular Hbond substituents is 3. The Bertz CT molecular complexity index is 1910. The van der Waals surface area contributed by atoms with Crippen LogP contribution in [0, 0.1) is 0 Å². The van der Waals surface area contributed by atoms with Gasteiger partial charge in [-0.25, -0.2) is 9.21 Å². The standard InChI is InChI=1S/C36H36O17/c37-14-25-28(42)30(44)32(46)35(52-25)50-23-12-20(40)11-22-21(23)13-24(34(49-22)17-4-8-19(39)9-5-17)51-36-33(47)31(45)29(43)26(53-36)15-48-27(41)10-3-16-1-6-18(38)7-2-16/h1-13,25-26,28-33,35-37,42-47H,14-15H2,(H2-,38,39,40,41)/p+1. The summed E-state index contributed by atoms with van der Waals surface area (Å²) in [6.45, 7) is -1.30. The molecule has 0 amide bonds. The average molecular weight is 742 g/mol. The summed E-state index contributed by atoms with van der Waals surface area (Å²) in [7, 11) is 0. The van der Waals surface area contributed by atoms with Gasteiger partial charge in [-0.05, 0) is 48.0 Å².